The van der Waals surface area contributed by atoms with Crippen LogP contribution in [0.2, 0.25) is 0 Å². The van der Waals surface area contributed by atoms with Gasteiger partial charge in [-0.2, -0.15) is 4.98 Å². The van der Waals surface area contributed by atoms with Crippen LogP contribution in [-0.2, 0) is 10.3 Å². The van der Waals surface area contributed by atoms with E-state index in [1.807, 2.05) is 26.0 Å². The van der Waals surface area contributed by atoms with E-state index in [-0.39, 0.29) is 0 Å². The second-order valence-corrected chi connectivity index (χ2v) is 5.40. The fourth-order valence-electron chi connectivity index (χ4n) is 1.69. The van der Waals surface area contributed by atoms with Gasteiger partial charge in [-0.25, -0.2) is 0 Å². The minimum atomic E-state index is -0.542. The van der Waals surface area contributed by atoms with Gasteiger partial charge in [0, 0.05) is 22.8 Å². The van der Waals surface area contributed by atoms with E-state index < -0.39 is 5.60 Å². The van der Waals surface area contributed by atoms with Crippen LogP contribution in [0, 0.1) is 0 Å². The van der Waals surface area contributed by atoms with Crippen molar-refractivity contribution in [2.24, 2.45) is 0 Å². The monoisotopic (exact) mass is 325 g/mol. The number of nitrogens with two attached hydrogens (primary N) is 1. The number of hydrogen-bond acceptors (Lipinski definition) is 5. The van der Waals surface area contributed by atoms with Crippen LogP contribution in [-0.4, -0.2) is 17.3 Å². The van der Waals surface area contributed by atoms with Gasteiger partial charge in [0.05, 0.1) is 0 Å². The van der Waals surface area contributed by atoms with Crippen molar-refractivity contribution >= 4 is 21.6 Å². The Morgan fingerprint density at radius 1 is 1.42 bits per heavy atom. The number of ether oxygens (including phenoxy) is 1. The van der Waals surface area contributed by atoms with Gasteiger partial charge in [-0.15, -0.1) is 0 Å². The molecule has 0 aliphatic rings. The van der Waals surface area contributed by atoms with E-state index in [0.717, 1.165) is 16.5 Å². The van der Waals surface area contributed by atoms with E-state index in [4.69, 9.17) is 15.0 Å². The van der Waals surface area contributed by atoms with Crippen molar-refractivity contribution in [3.63, 3.8) is 0 Å². The Labute approximate surface area is 120 Å². The fourth-order valence-corrected chi connectivity index (χ4v) is 2.20. The first kappa shape index (κ1) is 14.0. The Balaban J connectivity index is 2.40. The van der Waals surface area contributed by atoms with Crippen molar-refractivity contribution in [1.29, 1.82) is 0 Å². The smallest absolute Gasteiger partial charge is 0.258 e. The number of benzene rings is 1. The molecule has 1 atom stereocenters. The molecule has 0 bridgehead atoms. The molecule has 0 spiro atoms. The summed E-state index contributed by atoms with van der Waals surface area (Å²) < 4.78 is 11.6. The molecular weight excluding hydrogens is 310 g/mol. The van der Waals surface area contributed by atoms with Crippen molar-refractivity contribution in [3.05, 3.63) is 28.5 Å². The van der Waals surface area contributed by atoms with Gasteiger partial charge in [0.15, 0.2) is 0 Å². The highest BCUT2D eigenvalue weighted by atomic mass is 79.9. The summed E-state index contributed by atoms with van der Waals surface area (Å²) in [5, 5.41) is 4.00. The highest BCUT2D eigenvalue weighted by molar-refractivity contribution is 9.10. The van der Waals surface area contributed by atoms with Crippen LogP contribution in [0.3, 0.4) is 0 Å². The van der Waals surface area contributed by atoms with E-state index in [2.05, 4.69) is 26.1 Å². The molecule has 2 aromatic rings. The predicted octanol–water partition coefficient (Wildman–Crippen LogP) is 3.35. The molecule has 1 aromatic heterocycles. The SMILES string of the molecule is CCC(C)(OC)c1noc(-c2cc(N)cc(Br)c2)n1. The third kappa shape index (κ3) is 2.79. The summed E-state index contributed by atoms with van der Waals surface area (Å²) >= 11 is 3.39. The third-order valence-electron chi connectivity index (χ3n) is 3.19. The molecule has 19 heavy (non-hydrogen) atoms. The van der Waals surface area contributed by atoms with Crippen LogP contribution < -0.4 is 5.73 Å². The summed E-state index contributed by atoms with van der Waals surface area (Å²) in [5.41, 5.74) is 6.67. The van der Waals surface area contributed by atoms with Crippen molar-refractivity contribution in [2.75, 3.05) is 12.8 Å². The van der Waals surface area contributed by atoms with Crippen molar-refractivity contribution < 1.29 is 9.26 Å². The van der Waals surface area contributed by atoms with Gasteiger partial charge in [-0.3, -0.25) is 0 Å². The summed E-state index contributed by atoms with van der Waals surface area (Å²) in [4.78, 5) is 4.40. The van der Waals surface area contributed by atoms with Gasteiger partial charge < -0.3 is 15.0 Å². The Kier molecular flexibility index (Phi) is 3.91. The van der Waals surface area contributed by atoms with E-state index in [9.17, 15) is 0 Å². The minimum absolute atomic E-state index is 0.430. The van der Waals surface area contributed by atoms with E-state index in [1.165, 1.54) is 0 Å². The molecule has 6 heteroatoms. The molecule has 5 nitrogen and oxygen atoms in total. The number of aromatic nitrogens is 2. The molecule has 0 amide bonds. The van der Waals surface area contributed by atoms with E-state index >= 15 is 0 Å². The molecular formula is C13H16BrN3O2. The molecule has 102 valence electrons. The first-order valence-corrected chi connectivity index (χ1v) is 6.73. The quantitative estimate of drug-likeness (QED) is 0.872. The molecule has 0 aliphatic heterocycles. The molecule has 2 N–H and O–H groups in total. The van der Waals surface area contributed by atoms with Gasteiger partial charge in [0.1, 0.15) is 5.60 Å². The van der Waals surface area contributed by atoms with Crippen LogP contribution in [0.25, 0.3) is 11.5 Å². The summed E-state index contributed by atoms with van der Waals surface area (Å²) in [7, 11) is 1.64. The second-order valence-electron chi connectivity index (χ2n) is 4.48. The maximum atomic E-state index is 5.80. The first-order valence-electron chi connectivity index (χ1n) is 5.94. The zero-order valence-corrected chi connectivity index (χ0v) is 12.7. The largest absolute Gasteiger partial charge is 0.399 e. The summed E-state index contributed by atoms with van der Waals surface area (Å²) in [6, 6.07) is 5.48. The number of nitrogen functional groups attached to an aromatic ring is 1. The van der Waals surface area contributed by atoms with Crippen LogP contribution in [0.15, 0.2) is 27.2 Å². The Hall–Kier alpha value is -1.40. The lowest BCUT2D eigenvalue weighted by molar-refractivity contribution is -0.0106. The van der Waals surface area contributed by atoms with E-state index in [1.54, 1.807) is 13.2 Å². The summed E-state index contributed by atoms with van der Waals surface area (Å²) in [6.45, 7) is 3.94. The van der Waals surface area contributed by atoms with Crippen LogP contribution in [0.5, 0.6) is 0 Å². The normalized spacial score (nSPS) is 14.3. The predicted molar refractivity (Wildman–Crippen MR) is 76.5 cm³/mol. The molecule has 0 saturated carbocycles. The number of methoxy groups -OCH3 is 1. The maximum Gasteiger partial charge on any atom is 0.258 e. The molecule has 0 radical (unpaired) electrons. The lowest BCUT2D eigenvalue weighted by Gasteiger charge is -2.21. The Bertz CT molecular complexity index is 559. The highest BCUT2D eigenvalue weighted by Crippen LogP contribution is 2.29. The number of rotatable bonds is 4. The number of anilines is 1. The van der Waals surface area contributed by atoms with Crippen molar-refractivity contribution in [1.82, 2.24) is 10.1 Å². The summed E-state index contributed by atoms with van der Waals surface area (Å²) in [6.07, 6.45) is 0.753. The average Bonchev–Trinajstić information content (AvgIpc) is 2.87. The zero-order chi connectivity index (χ0) is 14.0. The summed E-state index contributed by atoms with van der Waals surface area (Å²) in [5.74, 6) is 0.964. The number of halogens is 1. The van der Waals surface area contributed by atoms with Crippen LogP contribution in [0.4, 0.5) is 5.69 Å². The van der Waals surface area contributed by atoms with Crippen molar-refractivity contribution in [3.8, 4) is 11.5 Å². The first-order chi connectivity index (χ1) is 8.98. The van der Waals surface area contributed by atoms with Gasteiger partial charge in [0.25, 0.3) is 5.89 Å². The van der Waals surface area contributed by atoms with Gasteiger partial charge in [-0.1, -0.05) is 28.0 Å². The van der Waals surface area contributed by atoms with Gasteiger partial charge in [0.2, 0.25) is 5.82 Å². The van der Waals surface area contributed by atoms with Gasteiger partial charge in [-0.05, 0) is 31.5 Å². The molecule has 0 saturated heterocycles. The molecule has 0 aliphatic carbocycles. The third-order valence-corrected chi connectivity index (χ3v) is 3.65. The van der Waals surface area contributed by atoms with Crippen LogP contribution in [0.1, 0.15) is 26.1 Å². The Morgan fingerprint density at radius 3 is 2.74 bits per heavy atom. The average molecular weight is 326 g/mol. The van der Waals surface area contributed by atoms with Gasteiger partial charge >= 0.3 is 0 Å². The lowest BCUT2D eigenvalue weighted by Crippen LogP contribution is -2.24. The van der Waals surface area contributed by atoms with Crippen molar-refractivity contribution in [2.45, 2.75) is 25.9 Å². The number of nitrogens with zero attached hydrogens (tertiary/aromatic N) is 2. The number of hydrogen-bond donors (Lipinski definition) is 1. The van der Waals surface area contributed by atoms with E-state index in [0.29, 0.717) is 17.4 Å². The minimum Gasteiger partial charge on any atom is -0.399 e. The molecule has 1 aromatic carbocycles. The molecule has 1 unspecified atom stereocenters. The Morgan fingerprint density at radius 2 is 2.16 bits per heavy atom. The fraction of sp³-hybridized carbons (Fsp3) is 0.385. The molecule has 2 rings (SSSR count). The lowest BCUT2D eigenvalue weighted by atomic mass is 10.0. The topological polar surface area (TPSA) is 74.2 Å². The van der Waals surface area contributed by atoms with Crippen LogP contribution >= 0.6 is 15.9 Å². The second kappa shape index (κ2) is 5.30. The molecule has 1 heterocycles. The molecule has 0 fully saturated rings. The highest BCUT2D eigenvalue weighted by Gasteiger charge is 2.30. The standard InChI is InChI=1S/C13H16BrN3O2/c1-4-13(2,18-3)12-16-11(19-17-12)8-5-9(14)7-10(15)6-8/h5-7H,4,15H2,1-3H3. The maximum absolute atomic E-state index is 5.80. The zero-order valence-electron chi connectivity index (χ0n) is 11.1.